The molecule has 0 fully saturated rings. The minimum absolute atomic E-state index is 0.187. The molecule has 0 aliphatic heterocycles. The smallest absolute Gasteiger partial charge is 0.252 e. The maximum atomic E-state index is 13.6. The third-order valence-corrected chi connectivity index (χ3v) is 5.69. The fraction of sp³-hybridized carbons (Fsp3) is 0.304. The highest BCUT2D eigenvalue weighted by atomic mass is 32.1. The molecule has 0 bridgehead atoms. The lowest BCUT2D eigenvalue weighted by Crippen LogP contribution is -2.32. The van der Waals surface area contributed by atoms with Crippen molar-refractivity contribution in [2.24, 2.45) is 0 Å². The molecule has 3 aromatic rings. The number of halogens is 1. The molecule has 0 spiro atoms. The number of anilines is 1. The first-order valence-corrected chi connectivity index (χ1v) is 10.7. The van der Waals surface area contributed by atoms with Crippen LogP contribution in [0, 0.1) is 5.82 Å². The molecule has 0 saturated heterocycles. The van der Waals surface area contributed by atoms with Crippen molar-refractivity contribution in [1.29, 1.82) is 0 Å². The number of methoxy groups -OCH3 is 2. The van der Waals surface area contributed by atoms with Gasteiger partial charge in [-0.25, -0.2) is 9.37 Å². The molecule has 1 heterocycles. The summed E-state index contributed by atoms with van der Waals surface area (Å²) >= 11 is 1.31. The van der Waals surface area contributed by atoms with Crippen LogP contribution in [0.25, 0.3) is 16.3 Å². The molecule has 3 rings (SSSR count). The molecule has 164 valence electrons. The number of benzene rings is 2. The maximum absolute atomic E-state index is 13.6. The normalized spacial score (nSPS) is 11.4. The summed E-state index contributed by atoms with van der Waals surface area (Å²) in [5, 5.41) is 0.557. The first-order chi connectivity index (χ1) is 14.9. The Bertz CT molecular complexity index is 1080. The molecule has 2 aromatic carbocycles. The van der Waals surface area contributed by atoms with Gasteiger partial charge in [-0.15, -0.1) is 0 Å². The van der Waals surface area contributed by atoms with Gasteiger partial charge in [0, 0.05) is 12.6 Å². The zero-order chi connectivity index (χ0) is 22.4. The van der Waals surface area contributed by atoms with Crippen molar-refractivity contribution in [3.05, 3.63) is 53.9 Å². The van der Waals surface area contributed by atoms with Gasteiger partial charge in [0.15, 0.2) is 16.6 Å². The van der Waals surface area contributed by atoms with Crippen molar-refractivity contribution in [2.45, 2.75) is 6.42 Å². The van der Waals surface area contributed by atoms with Crippen LogP contribution < -0.4 is 14.4 Å². The van der Waals surface area contributed by atoms with Crippen molar-refractivity contribution in [3.63, 3.8) is 0 Å². The van der Waals surface area contributed by atoms with Crippen LogP contribution in [0.3, 0.4) is 0 Å². The molecule has 1 aromatic heterocycles. The molecular weight excluding hydrogens is 417 g/mol. The molecule has 6 nitrogen and oxygen atoms in total. The van der Waals surface area contributed by atoms with E-state index in [-0.39, 0.29) is 11.7 Å². The van der Waals surface area contributed by atoms with Crippen molar-refractivity contribution < 1.29 is 18.7 Å². The molecule has 0 N–H and O–H groups in total. The Kier molecular flexibility index (Phi) is 7.59. The standard InChI is InChI=1S/C23H26FN3O3S/c1-26(2)12-5-13-27(23-25-18-9-8-17(24)15-21(18)31-23)22(28)11-7-16-6-10-19(29-3)20(14-16)30-4/h6-11,14-15H,5,12-13H2,1-4H3/b11-7+. The van der Waals surface area contributed by atoms with Gasteiger partial charge in [0.25, 0.3) is 5.91 Å². The summed E-state index contributed by atoms with van der Waals surface area (Å²) < 4.78 is 24.9. The van der Waals surface area contributed by atoms with E-state index in [1.807, 2.05) is 20.2 Å². The van der Waals surface area contributed by atoms with E-state index in [1.165, 1.54) is 29.5 Å². The molecule has 0 radical (unpaired) electrons. The number of amides is 1. The van der Waals surface area contributed by atoms with Gasteiger partial charge >= 0.3 is 0 Å². The Hall–Kier alpha value is -2.97. The lowest BCUT2D eigenvalue weighted by molar-refractivity contribution is -0.114. The van der Waals surface area contributed by atoms with Crippen molar-refractivity contribution >= 4 is 38.7 Å². The first-order valence-electron chi connectivity index (χ1n) is 9.83. The maximum Gasteiger partial charge on any atom is 0.252 e. The lowest BCUT2D eigenvalue weighted by Gasteiger charge is -2.19. The second-order valence-electron chi connectivity index (χ2n) is 7.20. The highest BCUT2D eigenvalue weighted by molar-refractivity contribution is 7.22. The van der Waals surface area contributed by atoms with Crippen LogP contribution >= 0.6 is 11.3 Å². The Morgan fingerprint density at radius 1 is 1.10 bits per heavy atom. The van der Waals surface area contributed by atoms with Crippen LogP contribution in [0.2, 0.25) is 0 Å². The fourth-order valence-corrected chi connectivity index (χ4v) is 4.08. The van der Waals surface area contributed by atoms with Gasteiger partial charge in [-0.2, -0.15) is 0 Å². The van der Waals surface area contributed by atoms with E-state index in [0.29, 0.717) is 33.4 Å². The Balaban J connectivity index is 1.85. The van der Waals surface area contributed by atoms with E-state index in [2.05, 4.69) is 9.88 Å². The van der Waals surface area contributed by atoms with Crippen molar-refractivity contribution in [2.75, 3.05) is 46.3 Å². The summed E-state index contributed by atoms with van der Waals surface area (Å²) in [6, 6.07) is 9.90. The van der Waals surface area contributed by atoms with Crippen molar-refractivity contribution in [1.82, 2.24) is 9.88 Å². The van der Waals surface area contributed by atoms with Crippen molar-refractivity contribution in [3.8, 4) is 11.5 Å². The molecular formula is C23H26FN3O3S. The van der Waals surface area contributed by atoms with E-state index in [9.17, 15) is 9.18 Å². The van der Waals surface area contributed by atoms with Gasteiger partial charge in [-0.3, -0.25) is 9.69 Å². The fourth-order valence-electron chi connectivity index (χ4n) is 3.06. The minimum Gasteiger partial charge on any atom is -0.493 e. The van der Waals surface area contributed by atoms with Gasteiger partial charge in [-0.1, -0.05) is 17.4 Å². The van der Waals surface area contributed by atoms with Gasteiger partial charge in [-0.05, 0) is 69.0 Å². The van der Waals surface area contributed by atoms with E-state index in [0.717, 1.165) is 18.5 Å². The Morgan fingerprint density at radius 2 is 1.87 bits per heavy atom. The second kappa shape index (κ2) is 10.4. The van der Waals surface area contributed by atoms with Crippen LogP contribution in [-0.4, -0.2) is 57.2 Å². The van der Waals surface area contributed by atoms with E-state index < -0.39 is 0 Å². The number of ether oxygens (including phenoxy) is 2. The van der Waals surface area contributed by atoms with E-state index >= 15 is 0 Å². The number of hydrogen-bond donors (Lipinski definition) is 0. The number of hydrogen-bond acceptors (Lipinski definition) is 6. The third kappa shape index (κ3) is 5.80. The van der Waals surface area contributed by atoms with Gasteiger partial charge < -0.3 is 14.4 Å². The number of rotatable bonds is 9. The van der Waals surface area contributed by atoms with Crippen LogP contribution in [0.5, 0.6) is 11.5 Å². The molecule has 8 heteroatoms. The lowest BCUT2D eigenvalue weighted by atomic mass is 10.2. The largest absolute Gasteiger partial charge is 0.493 e. The molecule has 0 atom stereocenters. The molecule has 0 aliphatic carbocycles. The molecule has 0 aliphatic rings. The number of thiazole rings is 1. The topological polar surface area (TPSA) is 54.9 Å². The zero-order valence-electron chi connectivity index (χ0n) is 18.1. The van der Waals surface area contributed by atoms with Gasteiger partial charge in [0.05, 0.1) is 24.4 Å². The Morgan fingerprint density at radius 3 is 2.58 bits per heavy atom. The molecule has 31 heavy (non-hydrogen) atoms. The monoisotopic (exact) mass is 443 g/mol. The number of nitrogens with zero attached hydrogens (tertiary/aromatic N) is 3. The average molecular weight is 444 g/mol. The van der Waals surface area contributed by atoms with Crippen LogP contribution in [0.4, 0.5) is 9.52 Å². The van der Waals surface area contributed by atoms with E-state index in [4.69, 9.17) is 9.47 Å². The summed E-state index contributed by atoms with van der Waals surface area (Å²) in [6.07, 6.45) is 4.03. The summed E-state index contributed by atoms with van der Waals surface area (Å²) in [7, 11) is 7.12. The van der Waals surface area contributed by atoms with E-state index in [1.54, 1.807) is 43.4 Å². The number of carbonyl (C=O) groups excluding carboxylic acids is 1. The van der Waals surface area contributed by atoms with Crippen LogP contribution in [0.15, 0.2) is 42.5 Å². The summed E-state index contributed by atoms with van der Waals surface area (Å²) in [5.74, 6) is 0.709. The molecule has 0 unspecified atom stereocenters. The van der Waals surface area contributed by atoms with Gasteiger partial charge in [0.1, 0.15) is 5.82 Å². The summed E-state index contributed by atoms with van der Waals surface area (Å²) in [4.78, 5) is 21.3. The number of fused-ring (bicyclic) bond motifs is 1. The minimum atomic E-state index is -0.318. The van der Waals surface area contributed by atoms with Crippen LogP contribution in [0.1, 0.15) is 12.0 Å². The average Bonchev–Trinajstić information content (AvgIpc) is 3.17. The summed E-state index contributed by atoms with van der Waals surface area (Å²) in [6.45, 7) is 1.35. The Labute approximate surface area is 185 Å². The number of carbonyl (C=O) groups is 1. The predicted octanol–water partition coefficient (Wildman–Crippen LogP) is 4.45. The molecule has 0 saturated carbocycles. The predicted molar refractivity (Wildman–Crippen MR) is 124 cm³/mol. The highest BCUT2D eigenvalue weighted by Crippen LogP contribution is 2.30. The SMILES string of the molecule is COc1ccc(/C=C/C(=O)N(CCCN(C)C)c2nc3ccc(F)cc3s2)cc1OC. The number of aromatic nitrogens is 1. The summed E-state index contributed by atoms with van der Waals surface area (Å²) in [5.41, 5.74) is 1.49. The highest BCUT2D eigenvalue weighted by Gasteiger charge is 2.18. The zero-order valence-corrected chi connectivity index (χ0v) is 18.9. The second-order valence-corrected chi connectivity index (χ2v) is 8.21. The quantitative estimate of drug-likeness (QED) is 0.458. The van der Waals surface area contributed by atoms with Crippen LogP contribution in [-0.2, 0) is 4.79 Å². The first kappa shape index (κ1) is 22.7. The third-order valence-electron chi connectivity index (χ3n) is 4.65. The van der Waals surface area contributed by atoms with Gasteiger partial charge in [0.2, 0.25) is 0 Å². The molecule has 1 amide bonds.